The molecular weight excluding hydrogens is 615 g/mol. The summed E-state index contributed by atoms with van der Waals surface area (Å²) >= 11 is 0. The van der Waals surface area contributed by atoms with Crippen LogP contribution in [0.3, 0.4) is 0 Å². The van der Waals surface area contributed by atoms with Gasteiger partial charge in [0.25, 0.3) is 0 Å². The lowest BCUT2D eigenvalue weighted by atomic mass is 10.0. The van der Waals surface area contributed by atoms with Crippen LogP contribution in [0.2, 0.25) is 0 Å². The molecule has 7 heteroatoms. The quantitative estimate of drug-likeness (QED) is 0.202. The monoisotopic (exact) mass is 641 g/mol. The molecule has 0 aliphatic carbocycles. The number of nitrogens with one attached hydrogen (secondary N) is 1. The molecule has 5 aromatic heterocycles. The second-order valence-electron chi connectivity index (χ2n) is 12.3. The number of pyridine rings is 2. The van der Waals surface area contributed by atoms with Crippen LogP contribution in [0.4, 0.5) is 0 Å². The first-order valence-electron chi connectivity index (χ1n) is 16.5. The molecule has 0 radical (unpaired) electrons. The number of benzene rings is 5. The van der Waals surface area contributed by atoms with Crippen LogP contribution in [0.15, 0.2) is 158 Å². The molecule has 1 N–H and O–H groups in total. The van der Waals surface area contributed by atoms with Crippen LogP contribution in [-0.2, 0) is 0 Å². The standard InChI is InChI=1S/C43H27N7/c1-3-10-37-33(8-1)35-25-29(12-14-38(35)46-37)30-13-15-40-36(26-30)34-9-2-4-11-39(34)50(40)32-7-5-6-31(24-32)43-48-41(27-16-20-44-21-17-27)47-42(49-43)28-18-22-45-23-19-28/h1-26,46H. The van der Waals surface area contributed by atoms with E-state index in [-0.39, 0.29) is 0 Å². The fraction of sp³-hybridized carbons (Fsp3) is 0. The van der Waals surface area contributed by atoms with Gasteiger partial charge in [-0.25, -0.2) is 15.0 Å². The van der Waals surface area contributed by atoms with Crippen LogP contribution >= 0.6 is 0 Å². The topological polar surface area (TPSA) is 85.2 Å². The van der Waals surface area contributed by atoms with E-state index >= 15 is 0 Å². The van der Waals surface area contributed by atoms with Gasteiger partial charge in [-0.3, -0.25) is 9.97 Å². The highest BCUT2D eigenvalue weighted by Gasteiger charge is 2.17. The Morgan fingerprint density at radius 2 is 0.960 bits per heavy atom. The van der Waals surface area contributed by atoms with Crippen molar-refractivity contribution in [1.82, 2.24) is 34.5 Å². The van der Waals surface area contributed by atoms with Gasteiger partial charge in [0.2, 0.25) is 0 Å². The smallest absolute Gasteiger partial charge is 0.164 e. The lowest BCUT2D eigenvalue weighted by Gasteiger charge is -2.11. The number of H-pyrrole nitrogens is 1. The van der Waals surface area contributed by atoms with Gasteiger partial charge in [0, 0.05) is 79.7 Å². The Balaban J connectivity index is 1.12. The molecule has 0 aliphatic rings. The summed E-state index contributed by atoms with van der Waals surface area (Å²) in [5.74, 6) is 1.77. The van der Waals surface area contributed by atoms with Gasteiger partial charge in [-0.15, -0.1) is 0 Å². The van der Waals surface area contributed by atoms with Crippen LogP contribution in [0.5, 0.6) is 0 Å². The SMILES string of the molecule is c1cc(-c2nc(-c3ccncc3)nc(-c3ccncc3)n2)cc(-n2c3ccccc3c3cc(-c4ccc5[nH]c6ccccc6c5c4)ccc32)c1. The summed E-state index contributed by atoms with van der Waals surface area (Å²) in [5.41, 5.74) is 10.6. The summed E-state index contributed by atoms with van der Waals surface area (Å²) in [6.45, 7) is 0. The molecule has 5 heterocycles. The van der Waals surface area contributed by atoms with Gasteiger partial charge in [-0.1, -0.05) is 60.7 Å². The van der Waals surface area contributed by atoms with E-state index in [2.05, 4.69) is 129 Å². The molecule has 234 valence electrons. The van der Waals surface area contributed by atoms with Crippen molar-refractivity contribution in [2.45, 2.75) is 0 Å². The van der Waals surface area contributed by atoms with E-state index in [1.165, 1.54) is 32.7 Å². The van der Waals surface area contributed by atoms with Gasteiger partial charge in [0.1, 0.15) is 0 Å². The lowest BCUT2D eigenvalue weighted by Crippen LogP contribution is -2.01. The van der Waals surface area contributed by atoms with Crippen molar-refractivity contribution in [3.8, 4) is 51.0 Å². The average Bonchev–Trinajstić information content (AvgIpc) is 3.73. The second-order valence-corrected chi connectivity index (χ2v) is 12.3. The first kappa shape index (κ1) is 28.1. The molecule has 0 saturated carbocycles. The molecule has 10 rings (SSSR count). The molecule has 0 aliphatic heterocycles. The Morgan fingerprint density at radius 1 is 0.380 bits per heavy atom. The van der Waals surface area contributed by atoms with Crippen molar-refractivity contribution in [1.29, 1.82) is 0 Å². The molecule has 50 heavy (non-hydrogen) atoms. The fourth-order valence-electron chi connectivity index (χ4n) is 7.01. The highest BCUT2D eigenvalue weighted by molar-refractivity contribution is 6.12. The number of para-hydroxylation sites is 2. The van der Waals surface area contributed by atoms with Gasteiger partial charge in [0.15, 0.2) is 17.5 Å². The van der Waals surface area contributed by atoms with Gasteiger partial charge >= 0.3 is 0 Å². The number of rotatable bonds is 5. The number of aromatic nitrogens is 7. The highest BCUT2D eigenvalue weighted by Crippen LogP contribution is 2.37. The predicted molar refractivity (Wildman–Crippen MR) is 201 cm³/mol. The van der Waals surface area contributed by atoms with Crippen molar-refractivity contribution >= 4 is 43.6 Å². The lowest BCUT2D eigenvalue weighted by molar-refractivity contribution is 1.07. The Morgan fingerprint density at radius 3 is 1.70 bits per heavy atom. The molecule has 0 bridgehead atoms. The van der Waals surface area contributed by atoms with E-state index in [0.29, 0.717) is 17.5 Å². The predicted octanol–water partition coefficient (Wildman–Crippen LogP) is 10.1. The molecule has 0 spiro atoms. The number of hydrogen-bond donors (Lipinski definition) is 1. The van der Waals surface area contributed by atoms with Crippen molar-refractivity contribution in [2.24, 2.45) is 0 Å². The second kappa shape index (κ2) is 11.3. The summed E-state index contributed by atoms with van der Waals surface area (Å²) in [6, 6.07) is 46.6. The molecule has 10 aromatic rings. The Kier molecular flexibility index (Phi) is 6.35. The third kappa shape index (κ3) is 4.64. The average molecular weight is 642 g/mol. The number of nitrogens with zero attached hydrogens (tertiary/aromatic N) is 6. The molecule has 0 saturated heterocycles. The van der Waals surface area contributed by atoms with E-state index in [9.17, 15) is 0 Å². The molecule has 5 aromatic carbocycles. The zero-order chi connectivity index (χ0) is 33.0. The van der Waals surface area contributed by atoms with E-state index in [1.54, 1.807) is 24.8 Å². The molecule has 0 atom stereocenters. The van der Waals surface area contributed by atoms with Gasteiger partial charge in [0.05, 0.1) is 11.0 Å². The Labute approximate surface area is 286 Å². The molecule has 0 fully saturated rings. The highest BCUT2D eigenvalue weighted by atomic mass is 15.0. The first-order valence-corrected chi connectivity index (χ1v) is 16.5. The van der Waals surface area contributed by atoms with Crippen LogP contribution in [0, 0.1) is 0 Å². The van der Waals surface area contributed by atoms with E-state index < -0.39 is 0 Å². The zero-order valence-electron chi connectivity index (χ0n) is 26.7. The van der Waals surface area contributed by atoms with Crippen LogP contribution in [0.25, 0.3) is 94.6 Å². The van der Waals surface area contributed by atoms with Crippen molar-refractivity contribution < 1.29 is 0 Å². The fourth-order valence-corrected chi connectivity index (χ4v) is 7.01. The van der Waals surface area contributed by atoms with E-state index in [4.69, 9.17) is 15.0 Å². The summed E-state index contributed by atoms with van der Waals surface area (Å²) in [7, 11) is 0. The third-order valence-electron chi connectivity index (χ3n) is 9.39. The van der Waals surface area contributed by atoms with Crippen molar-refractivity contribution in [3.05, 3.63) is 158 Å². The zero-order valence-corrected chi connectivity index (χ0v) is 26.7. The van der Waals surface area contributed by atoms with Crippen molar-refractivity contribution in [2.75, 3.05) is 0 Å². The summed E-state index contributed by atoms with van der Waals surface area (Å²) < 4.78 is 2.33. The molecule has 0 unspecified atom stereocenters. The summed E-state index contributed by atoms with van der Waals surface area (Å²) in [6.07, 6.45) is 7.00. The van der Waals surface area contributed by atoms with Gasteiger partial charge < -0.3 is 9.55 Å². The molecular formula is C43H27N7. The largest absolute Gasteiger partial charge is 0.355 e. The van der Waals surface area contributed by atoms with Crippen LogP contribution in [0.1, 0.15) is 0 Å². The number of fused-ring (bicyclic) bond motifs is 6. The van der Waals surface area contributed by atoms with Gasteiger partial charge in [-0.05, 0) is 83.9 Å². The summed E-state index contributed by atoms with van der Waals surface area (Å²) in [5, 5.41) is 4.86. The maximum Gasteiger partial charge on any atom is 0.164 e. The minimum absolute atomic E-state index is 0.588. The summed E-state index contributed by atoms with van der Waals surface area (Å²) in [4.78, 5) is 26.6. The Hall–Kier alpha value is -6.99. The minimum atomic E-state index is 0.588. The number of aromatic amines is 1. The third-order valence-corrected chi connectivity index (χ3v) is 9.39. The van der Waals surface area contributed by atoms with Crippen LogP contribution < -0.4 is 0 Å². The minimum Gasteiger partial charge on any atom is -0.355 e. The maximum absolute atomic E-state index is 4.95. The number of hydrogen-bond acceptors (Lipinski definition) is 5. The van der Waals surface area contributed by atoms with Gasteiger partial charge in [-0.2, -0.15) is 0 Å². The maximum atomic E-state index is 4.95. The molecule has 0 amide bonds. The normalized spacial score (nSPS) is 11.6. The Bertz CT molecular complexity index is 2820. The van der Waals surface area contributed by atoms with E-state index in [0.717, 1.165) is 44.4 Å². The van der Waals surface area contributed by atoms with E-state index in [1.807, 2.05) is 24.3 Å². The van der Waals surface area contributed by atoms with Crippen molar-refractivity contribution in [3.63, 3.8) is 0 Å². The van der Waals surface area contributed by atoms with Crippen LogP contribution in [-0.4, -0.2) is 34.5 Å². The first-order chi connectivity index (χ1) is 24.8. The molecule has 7 nitrogen and oxygen atoms in total.